The number of esters is 2. The number of hydrogen-bond donors (Lipinski definition) is 1. The third-order valence-corrected chi connectivity index (χ3v) is 2.99. The van der Waals surface area contributed by atoms with Crippen LogP contribution >= 0.6 is 0 Å². The summed E-state index contributed by atoms with van der Waals surface area (Å²) < 4.78 is 26.0. The SMILES string of the molecule is C=C(C)C(=O)OCCOCCOC(COCC)CC(=C)C(=O)OCCO. The van der Waals surface area contributed by atoms with Crippen LogP contribution in [0.5, 0.6) is 0 Å². The molecule has 0 saturated heterocycles. The van der Waals surface area contributed by atoms with E-state index < -0.39 is 11.9 Å². The van der Waals surface area contributed by atoms with Crippen LogP contribution in [0.3, 0.4) is 0 Å². The predicted octanol–water partition coefficient (Wildman–Crippen LogP) is 1.03. The van der Waals surface area contributed by atoms with Gasteiger partial charge in [-0.15, -0.1) is 0 Å². The van der Waals surface area contributed by atoms with Crippen LogP contribution < -0.4 is 0 Å². The molecule has 0 aliphatic rings. The van der Waals surface area contributed by atoms with Crippen LogP contribution in [0.1, 0.15) is 20.3 Å². The van der Waals surface area contributed by atoms with Gasteiger partial charge < -0.3 is 28.8 Å². The summed E-state index contributed by atoms with van der Waals surface area (Å²) in [5.41, 5.74) is 0.584. The maximum atomic E-state index is 11.7. The van der Waals surface area contributed by atoms with E-state index in [0.717, 1.165) is 0 Å². The van der Waals surface area contributed by atoms with Crippen molar-refractivity contribution in [2.45, 2.75) is 26.4 Å². The van der Waals surface area contributed by atoms with Crippen molar-refractivity contribution in [1.29, 1.82) is 0 Å². The fourth-order valence-electron chi connectivity index (χ4n) is 1.71. The van der Waals surface area contributed by atoms with Gasteiger partial charge in [0.2, 0.25) is 0 Å². The fraction of sp³-hybridized carbons (Fsp3) is 0.667. The summed E-state index contributed by atoms with van der Waals surface area (Å²) in [5, 5.41) is 8.66. The lowest BCUT2D eigenvalue weighted by Crippen LogP contribution is -2.25. The molecule has 0 aromatic rings. The molecule has 26 heavy (non-hydrogen) atoms. The first kappa shape index (κ1) is 24.3. The minimum absolute atomic E-state index is 0.0708. The Morgan fingerprint density at radius 2 is 1.62 bits per heavy atom. The Labute approximate surface area is 154 Å². The molecule has 0 saturated carbocycles. The number of aliphatic hydroxyl groups is 1. The third-order valence-electron chi connectivity index (χ3n) is 2.99. The fourth-order valence-corrected chi connectivity index (χ4v) is 1.71. The Hall–Kier alpha value is -1.74. The molecule has 0 aromatic carbocycles. The number of ether oxygens (including phenoxy) is 5. The van der Waals surface area contributed by atoms with Gasteiger partial charge in [-0.05, 0) is 13.8 Å². The van der Waals surface area contributed by atoms with Gasteiger partial charge in [-0.1, -0.05) is 13.2 Å². The summed E-state index contributed by atoms with van der Waals surface area (Å²) in [7, 11) is 0. The normalized spacial score (nSPS) is 11.7. The van der Waals surface area contributed by atoms with Gasteiger partial charge in [0.25, 0.3) is 0 Å². The minimum Gasteiger partial charge on any atom is -0.460 e. The van der Waals surface area contributed by atoms with E-state index in [9.17, 15) is 9.59 Å². The Kier molecular flexibility index (Phi) is 14.5. The molecule has 1 atom stereocenters. The van der Waals surface area contributed by atoms with Crippen molar-refractivity contribution in [2.75, 3.05) is 52.9 Å². The molecule has 8 nitrogen and oxygen atoms in total. The van der Waals surface area contributed by atoms with Crippen LogP contribution in [0, 0.1) is 0 Å². The zero-order valence-electron chi connectivity index (χ0n) is 15.7. The molecule has 1 unspecified atom stereocenters. The lowest BCUT2D eigenvalue weighted by Gasteiger charge is -2.18. The molecule has 0 spiro atoms. The van der Waals surface area contributed by atoms with Crippen molar-refractivity contribution in [1.82, 2.24) is 0 Å². The summed E-state index contributed by atoms with van der Waals surface area (Å²) in [6, 6.07) is 0. The summed E-state index contributed by atoms with van der Waals surface area (Å²) in [6.45, 7) is 12.1. The molecule has 1 N–H and O–H groups in total. The zero-order valence-corrected chi connectivity index (χ0v) is 15.7. The molecule has 150 valence electrons. The highest BCUT2D eigenvalue weighted by atomic mass is 16.6. The molecule has 0 aromatic heterocycles. The van der Waals surface area contributed by atoms with E-state index in [-0.39, 0.29) is 51.1 Å². The summed E-state index contributed by atoms with van der Waals surface area (Å²) in [5.74, 6) is -1.02. The van der Waals surface area contributed by atoms with Gasteiger partial charge >= 0.3 is 11.9 Å². The minimum atomic E-state index is -0.570. The van der Waals surface area contributed by atoms with Gasteiger partial charge in [0.05, 0.1) is 39.1 Å². The van der Waals surface area contributed by atoms with Crippen molar-refractivity contribution >= 4 is 11.9 Å². The first-order chi connectivity index (χ1) is 12.4. The number of aliphatic hydroxyl groups excluding tert-OH is 1. The highest BCUT2D eigenvalue weighted by Crippen LogP contribution is 2.10. The standard InChI is InChI=1S/C18H30O8/c1-5-22-13-16(12-15(4)18(21)25-7-6-19)24-10-8-23-9-11-26-17(20)14(2)3/h16,19H,2,4-13H2,1,3H3. The van der Waals surface area contributed by atoms with Gasteiger partial charge in [-0.3, -0.25) is 0 Å². The van der Waals surface area contributed by atoms with E-state index in [2.05, 4.69) is 13.2 Å². The molecular weight excluding hydrogens is 344 g/mol. The Morgan fingerprint density at radius 3 is 2.23 bits per heavy atom. The van der Waals surface area contributed by atoms with E-state index in [1.807, 2.05) is 6.92 Å². The Balaban J connectivity index is 4.03. The van der Waals surface area contributed by atoms with Gasteiger partial charge in [0.15, 0.2) is 0 Å². The second kappa shape index (κ2) is 15.5. The average Bonchev–Trinajstić information content (AvgIpc) is 2.62. The smallest absolute Gasteiger partial charge is 0.333 e. The summed E-state index contributed by atoms with van der Waals surface area (Å²) in [4.78, 5) is 22.8. The van der Waals surface area contributed by atoms with E-state index in [1.54, 1.807) is 6.92 Å². The summed E-state index contributed by atoms with van der Waals surface area (Å²) >= 11 is 0. The second-order valence-electron chi connectivity index (χ2n) is 5.35. The molecule has 0 bridgehead atoms. The van der Waals surface area contributed by atoms with Gasteiger partial charge in [0, 0.05) is 24.2 Å². The highest BCUT2D eigenvalue weighted by Gasteiger charge is 2.17. The molecule has 0 amide bonds. The topological polar surface area (TPSA) is 101 Å². The monoisotopic (exact) mass is 374 g/mol. The van der Waals surface area contributed by atoms with Gasteiger partial charge in [-0.2, -0.15) is 0 Å². The van der Waals surface area contributed by atoms with Crippen LogP contribution in [0.4, 0.5) is 0 Å². The van der Waals surface area contributed by atoms with E-state index in [0.29, 0.717) is 25.4 Å². The van der Waals surface area contributed by atoms with Crippen LogP contribution in [0.2, 0.25) is 0 Å². The third kappa shape index (κ3) is 12.6. The van der Waals surface area contributed by atoms with Gasteiger partial charge in [-0.25, -0.2) is 9.59 Å². The van der Waals surface area contributed by atoms with Crippen LogP contribution in [-0.4, -0.2) is 76.0 Å². The largest absolute Gasteiger partial charge is 0.460 e. The van der Waals surface area contributed by atoms with E-state index in [1.165, 1.54) is 0 Å². The lowest BCUT2D eigenvalue weighted by atomic mass is 10.1. The van der Waals surface area contributed by atoms with Crippen molar-refractivity contribution in [3.63, 3.8) is 0 Å². The molecule has 0 heterocycles. The Bertz CT molecular complexity index is 446. The van der Waals surface area contributed by atoms with Crippen LogP contribution in [0.15, 0.2) is 24.3 Å². The maximum Gasteiger partial charge on any atom is 0.333 e. The lowest BCUT2D eigenvalue weighted by molar-refractivity contribution is -0.142. The van der Waals surface area contributed by atoms with Crippen molar-refractivity contribution in [2.24, 2.45) is 0 Å². The quantitative estimate of drug-likeness (QED) is 0.243. The molecular formula is C18H30O8. The molecule has 0 fully saturated rings. The first-order valence-electron chi connectivity index (χ1n) is 8.47. The van der Waals surface area contributed by atoms with Crippen molar-refractivity contribution in [3.8, 4) is 0 Å². The molecule has 0 aliphatic carbocycles. The van der Waals surface area contributed by atoms with Crippen LogP contribution in [-0.2, 0) is 33.3 Å². The molecule has 8 heteroatoms. The summed E-state index contributed by atoms with van der Waals surface area (Å²) in [6.07, 6.45) is -0.116. The second-order valence-corrected chi connectivity index (χ2v) is 5.35. The number of hydrogen-bond acceptors (Lipinski definition) is 8. The van der Waals surface area contributed by atoms with Crippen molar-refractivity contribution in [3.05, 3.63) is 24.3 Å². The molecule has 0 radical (unpaired) electrons. The zero-order chi connectivity index (χ0) is 19.8. The highest BCUT2D eigenvalue weighted by molar-refractivity contribution is 5.87. The number of rotatable bonds is 16. The first-order valence-corrected chi connectivity index (χ1v) is 8.47. The van der Waals surface area contributed by atoms with E-state index in [4.69, 9.17) is 28.8 Å². The maximum absolute atomic E-state index is 11.7. The number of carbonyl (C=O) groups is 2. The van der Waals surface area contributed by atoms with Crippen molar-refractivity contribution < 1.29 is 38.4 Å². The van der Waals surface area contributed by atoms with Crippen LogP contribution in [0.25, 0.3) is 0 Å². The van der Waals surface area contributed by atoms with E-state index >= 15 is 0 Å². The Morgan fingerprint density at radius 1 is 0.962 bits per heavy atom. The predicted molar refractivity (Wildman–Crippen MR) is 94.6 cm³/mol. The molecule has 0 aliphatic heterocycles. The molecule has 0 rings (SSSR count). The average molecular weight is 374 g/mol. The number of carbonyl (C=O) groups excluding carboxylic acids is 2. The van der Waals surface area contributed by atoms with Gasteiger partial charge in [0.1, 0.15) is 13.2 Å².